The van der Waals surface area contributed by atoms with E-state index in [1.54, 1.807) is 11.3 Å². The number of aryl methyl sites for hydroxylation is 1. The molecule has 0 saturated carbocycles. The van der Waals surface area contributed by atoms with Crippen molar-refractivity contribution in [2.75, 3.05) is 55.7 Å². The maximum atomic E-state index is 14.2. The highest BCUT2D eigenvalue weighted by atomic mass is 32.1. The maximum absolute atomic E-state index is 14.2. The minimum absolute atomic E-state index is 0.0293. The number of benzene rings is 3. The van der Waals surface area contributed by atoms with Crippen molar-refractivity contribution in [3.8, 4) is 22.2 Å². The second-order valence-electron chi connectivity index (χ2n) is 22.1. The Morgan fingerprint density at radius 3 is 2.51 bits per heavy atom. The first-order chi connectivity index (χ1) is 35.2. The highest BCUT2D eigenvalue weighted by Gasteiger charge is 2.44. The topological polar surface area (TPSA) is 189 Å². The fourth-order valence-corrected chi connectivity index (χ4v) is 12.6. The highest BCUT2D eigenvalue weighted by Crippen LogP contribution is 2.38. The summed E-state index contributed by atoms with van der Waals surface area (Å²) < 4.78 is 6.58. The SMILES string of the molecule is Cc1ncsc1-c1ccc(CNC(=O)[C@@H]2C[C@@H](O)CN2C(=O)[C@@H](NC(=O)CCCCCN2CCC[C@H]2COc2nc3c(c(N4CC5CCC(C4)N5)n2)CCN(c2cc(O)cc4ccccc24)C3)C(C)(C)C)cc1. The van der Waals surface area contributed by atoms with E-state index in [4.69, 9.17) is 14.7 Å². The number of nitrogens with one attached hydrogen (secondary N) is 3. The van der Waals surface area contributed by atoms with Gasteiger partial charge in [-0.2, -0.15) is 9.97 Å². The molecule has 3 aromatic carbocycles. The fourth-order valence-electron chi connectivity index (χ4n) is 11.8. The number of phenols is 1. The summed E-state index contributed by atoms with van der Waals surface area (Å²) in [6, 6.07) is 19.7. The van der Waals surface area contributed by atoms with Crippen LogP contribution in [0.2, 0.25) is 0 Å². The standard InChI is InChI=1S/C56H72N10O6S/c1-35-50(73-34-58-35)37-17-15-36(16-18-37)28-57-53(70)48-27-43(68)31-66(48)54(71)51(56(2,3)4)61-49(69)14-6-5-9-22-63-23-10-12-41(63)33-72-55-60-46-32-64(47-26-42(67)25-38-11-7-8-13-44(38)47)24-21-45(46)52(62-55)65-29-39-19-20-40(30-65)59-39/h7-8,11,13,15-18,25-26,34,39-41,43,48,51,59,67-68H,5-6,9-10,12,14,19-24,27-33H2,1-4H3,(H,57,70)(H,61,69)/t39?,40?,41-,43+,48-,51+/m0/s1. The Morgan fingerprint density at radius 2 is 1.74 bits per heavy atom. The molecule has 7 heterocycles. The number of carbonyl (C=O) groups excluding carboxylic acids is 3. The lowest BCUT2D eigenvalue weighted by Crippen LogP contribution is -2.57. The van der Waals surface area contributed by atoms with Crippen molar-refractivity contribution in [2.45, 2.75) is 141 Å². The van der Waals surface area contributed by atoms with Crippen LogP contribution in [0.25, 0.3) is 21.2 Å². The second kappa shape index (κ2) is 21.9. The number of fused-ring (bicyclic) bond motifs is 4. The molecule has 2 aromatic heterocycles. The molecule has 4 saturated heterocycles. The number of piperazine rings is 1. The number of carbonyl (C=O) groups is 3. The van der Waals surface area contributed by atoms with Gasteiger partial charge in [-0.15, -0.1) is 11.3 Å². The van der Waals surface area contributed by atoms with E-state index in [9.17, 15) is 24.6 Å². The summed E-state index contributed by atoms with van der Waals surface area (Å²) in [5.74, 6) is 0.367. The summed E-state index contributed by atoms with van der Waals surface area (Å²) in [5.41, 5.74) is 7.34. The summed E-state index contributed by atoms with van der Waals surface area (Å²) in [6.45, 7) is 13.6. The molecular formula is C56H72N10O6S. The first-order valence-corrected chi connectivity index (χ1v) is 27.4. The number of aromatic hydroxyl groups is 1. The van der Waals surface area contributed by atoms with E-state index < -0.39 is 23.6 Å². The third-order valence-corrected chi connectivity index (χ3v) is 16.6. The summed E-state index contributed by atoms with van der Waals surface area (Å²) in [4.78, 5) is 65.7. The number of β-amino-alcohol motifs (C(OH)–C–C–N with tert-alkyl or cyclic N) is 1. The largest absolute Gasteiger partial charge is 0.508 e. The highest BCUT2D eigenvalue weighted by molar-refractivity contribution is 7.13. The van der Waals surface area contributed by atoms with E-state index in [1.807, 2.05) is 87.8 Å². The zero-order chi connectivity index (χ0) is 50.8. The molecule has 0 aliphatic carbocycles. The zero-order valence-corrected chi connectivity index (χ0v) is 43.6. The van der Waals surface area contributed by atoms with E-state index in [-0.39, 0.29) is 55.4 Å². The number of hydrogen-bond donors (Lipinski definition) is 5. The first kappa shape index (κ1) is 50.6. The van der Waals surface area contributed by atoms with Crippen LogP contribution in [0.15, 0.2) is 66.2 Å². The van der Waals surface area contributed by atoms with E-state index in [2.05, 4.69) is 41.7 Å². The molecule has 388 valence electrons. The summed E-state index contributed by atoms with van der Waals surface area (Å²) in [5, 5.41) is 33.3. The Bertz CT molecular complexity index is 2770. The Balaban J connectivity index is 0.712. The molecule has 5 aliphatic rings. The van der Waals surface area contributed by atoms with E-state index >= 15 is 0 Å². The van der Waals surface area contributed by atoms with Crippen molar-refractivity contribution in [1.29, 1.82) is 0 Å². The van der Waals surface area contributed by atoms with Gasteiger partial charge in [-0.1, -0.05) is 75.7 Å². The average molecular weight is 1010 g/mol. The number of hydrogen-bond acceptors (Lipinski definition) is 14. The number of nitrogens with zero attached hydrogens (tertiary/aromatic N) is 7. The lowest BCUT2D eigenvalue weighted by atomic mass is 9.85. The number of anilines is 2. The van der Waals surface area contributed by atoms with Crippen LogP contribution in [0.3, 0.4) is 0 Å². The molecule has 10 rings (SSSR count). The number of likely N-dealkylation sites (tertiary alicyclic amines) is 2. The number of phenolic OH excluding ortho intramolecular Hbond substituents is 1. The van der Waals surface area contributed by atoms with E-state index in [0.717, 1.165) is 114 Å². The van der Waals surface area contributed by atoms with Crippen molar-refractivity contribution in [3.05, 3.63) is 88.7 Å². The van der Waals surface area contributed by atoms with Crippen LogP contribution in [-0.2, 0) is 33.9 Å². The Morgan fingerprint density at radius 1 is 0.945 bits per heavy atom. The number of thiazole rings is 1. The molecule has 16 nitrogen and oxygen atoms in total. The fraction of sp³-hybridized carbons (Fsp3) is 0.536. The molecule has 6 atom stereocenters. The molecule has 5 aromatic rings. The van der Waals surface area contributed by atoms with Gasteiger partial charge < -0.3 is 45.6 Å². The van der Waals surface area contributed by atoms with Crippen LogP contribution in [-0.4, -0.2) is 135 Å². The number of ether oxygens (including phenoxy) is 1. The minimum atomic E-state index is -0.867. The van der Waals surface area contributed by atoms with Crippen LogP contribution >= 0.6 is 11.3 Å². The molecule has 5 N–H and O–H groups in total. The van der Waals surface area contributed by atoms with Crippen LogP contribution < -0.4 is 30.5 Å². The number of aliphatic hydroxyl groups excluding tert-OH is 1. The van der Waals surface area contributed by atoms with Crippen LogP contribution in [0.4, 0.5) is 11.5 Å². The summed E-state index contributed by atoms with van der Waals surface area (Å²) in [6.07, 6.45) is 7.32. The lowest BCUT2D eigenvalue weighted by molar-refractivity contribution is -0.144. The van der Waals surface area contributed by atoms with E-state index in [1.165, 1.54) is 23.3 Å². The zero-order valence-electron chi connectivity index (χ0n) is 42.8. The smallest absolute Gasteiger partial charge is 0.318 e. The second-order valence-corrected chi connectivity index (χ2v) is 22.9. The number of unbranched alkanes of at least 4 members (excludes halogenated alkanes) is 2. The van der Waals surface area contributed by atoms with Crippen molar-refractivity contribution in [2.24, 2.45) is 5.41 Å². The van der Waals surface area contributed by atoms with E-state index in [0.29, 0.717) is 37.7 Å². The predicted molar refractivity (Wildman–Crippen MR) is 285 cm³/mol. The van der Waals surface area contributed by atoms with Crippen LogP contribution in [0.5, 0.6) is 11.8 Å². The van der Waals surface area contributed by atoms with Gasteiger partial charge >= 0.3 is 6.01 Å². The van der Waals surface area contributed by atoms with Crippen molar-refractivity contribution in [3.63, 3.8) is 0 Å². The molecule has 0 radical (unpaired) electrons. The quantitative estimate of drug-likeness (QED) is 0.0638. The third-order valence-electron chi connectivity index (χ3n) is 15.7. The molecule has 4 fully saturated rings. The monoisotopic (exact) mass is 1010 g/mol. The number of amides is 3. The van der Waals surface area contributed by atoms with Crippen molar-refractivity contribution in [1.82, 2.24) is 40.7 Å². The van der Waals surface area contributed by atoms with Gasteiger partial charge in [0, 0.05) is 86.4 Å². The number of aromatic nitrogens is 3. The third kappa shape index (κ3) is 11.6. The van der Waals surface area contributed by atoms with Gasteiger partial charge in [0.2, 0.25) is 17.7 Å². The average Bonchev–Trinajstić information content (AvgIpc) is 4.20. The predicted octanol–water partition coefficient (Wildman–Crippen LogP) is 6.48. The lowest BCUT2D eigenvalue weighted by Gasteiger charge is -2.37. The normalized spacial score (nSPS) is 22.4. The Labute approximate surface area is 432 Å². The molecule has 2 bridgehead atoms. The van der Waals surface area contributed by atoms with Crippen LogP contribution in [0.1, 0.15) is 101 Å². The maximum Gasteiger partial charge on any atom is 0.318 e. The van der Waals surface area contributed by atoms with Gasteiger partial charge in [-0.3, -0.25) is 19.3 Å². The molecule has 3 amide bonds. The van der Waals surface area contributed by atoms with Gasteiger partial charge in [-0.25, -0.2) is 4.98 Å². The summed E-state index contributed by atoms with van der Waals surface area (Å²) >= 11 is 1.59. The van der Waals surface area contributed by atoms with Crippen molar-refractivity contribution < 1.29 is 29.3 Å². The molecule has 17 heteroatoms. The molecule has 5 aliphatic heterocycles. The van der Waals surface area contributed by atoms with Gasteiger partial charge in [0.15, 0.2) is 0 Å². The van der Waals surface area contributed by atoms with Gasteiger partial charge in [0.1, 0.15) is 30.3 Å². The Hall–Kier alpha value is -5.88. The first-order valence-electron chi connectivity index (χ1n) is 26.5. The molecular weight excluding hydrogens is 941 g/mol. The molecule has 73 heavy (non-hydrogen) atoms. The molecule has 0 spiro atoms. The number of aliphatic hydroxyl groups is 1. The summed E-state index contributed by atoms with van der Waals surface area (Å²) in [7, 11) is 0. The van der Waals surface area contributed by atoms with Gasteiger partial charge in [-0.05, 0) is 93.0 Å². The molecule has 2 unspecified atom stereocenters. The Kier molecular flexibility index (Phi) is 15.2. The van der Waals surface area contributed by atoms with Gasteiger partial charge in [0.05, 0.1) is 34.4 Å². The van der Waals surface area contributed by atoms with Crippen LogP contribution in [0, 0.1) is 12.3 Å². The van der Waals surface area contributed by atoms with Gasteiger partial charge in [0.25, 0.3) is 0 Å². The number of rotatable bonds is 17. The van der Waals surface area contributed by atoms with Crippen molar-refractivity contribution >= 4 is 51.3 Å². The minimum Gasteiger partial charge on any atom is -0.508 e.